The number of imidazole rings is 1. The van der Waals surface area contributed by atoms with E-state index >= 15 is 0 Å². The van der Waals surface area contributed by atoms with Crippen molar-refractivity contribution in [1.29, 1.82) is 10.5 Å². The monoisotopic (exact) mass is 177 g/mol. The maximum absolute atomic E-state index is 7.48. The van der Waals surface area contributed by atoms with Gasteiger partial charge in [-0.1, -0.05) is 6.92 Å². The highest BCUT2D eigenvalue weighted by molar-refractivity contribution is 4.89. The van der Waals surface area contributed by atoms with E-state index in [1.54, 1.807) is 5.32 Å². The number of aromatic nitrogens is 2. The molecule has 13 heavy (non-hydrogen) atoms. The first-order chi connectivity index (χ1) is 6.26. The van der Waals surface area contributed by atoms with Crippen molar-refractivity contribution in [3.63, 3.8) is 0 Å². The van der Waals surface area contributed by atoms with Crippen molar-refractivity contribution >= 4 is 0 Å². The second kappa shape index (κ2) is 6.68. The number of nitrogens with one attached hydrogen (secondary N) is 1. The first-order valence-corrected chi connectivity index (χ1v) is 3.75. The summed E-state index contributed by atoms with van der Waals surface area (Å²) < 4.78 is 2.03. The molecule has 0 aliphatic heterocycles. The van der Waals surface area contributed by atoms with Crippen LogP contribution < -0.4 is 5.32 Å². The fourth-order valence-corrected chi connectivity index (χ4v) is 0.762. The predicted octanol–water partition coefficient (Wildman–Crippen LogP) is 0.521. The molecule has 0 spiro atoms. The van der Waals surface area contributed by atoms with Gasteiger partial charge in [-0.15, -0.1) is 0 Å². The quantitative estimate of drug-likeness (QED) is 0.501. The minimum Gasteiger partial charge on any atom is -0.338 e. The van der Waals surface area contributed by atoms with Crippen LogP contribution in [0.25, 0.3) is 0 Å². The number of nitriles is 2. The van der Waals surface area contributed by atoms with Gasteiger partial charge in [-0.2, -0.15) is 10.5 Å². The Labute approximate surface area is 77.2 Å². The molecule has 1 aromatic rings. The molecule has 0 amide bonds. The van der Waals surface area contributed by atoms with Crippen molar-refractivity contribution in [3.05, 3.63) is 18.2 Å². The van der Waals surface area contributed by atoms with Crippen LogP contribution in [0.2, 0.25) is 0 Å². The van der Waals surface area contributed by atoms with E-state index < -0.39 is 0 Å². The Kier molecular flexibility index (Phi) is 5.65. The van der Waals surface area contributed by atoms with Gasteiger partial charge >= 0.3 is 0 Å². The number of hydrogen-bond acceptors (Lipinski definition) is 4. The van der Waals surface area contributed by atoms with Gasteiger partial charge in [-0.05, 0) is 0 Å². The Hall–Kier alpha value is -2.01. The highest BCUT2D eigenvalue weighted by Crippen LogP contribution is 1.92. The van der Waals surface area contributed by atoms with Gasteiger partial charge < -0.3 is 4.57 Å². The maximum atomic E-state index is 7.48. The molecule has 0 atom stereocenters. The molecule has 0 aliphatic carbocycles. The molecule has 5 nitrogen and oxygen atoms in total. The summed E-state index contributed by atoms with van der Waals surface area (Å²) in [6, 6.07) is 0. The summed E-state index contributed by atoms with van der Waals surface area (Å²) in [7, 11) is 2.01. The molecule has 0 aliphatic rings. The van der Waals surface area contributed by atoms with Gasteiger partial charge in [0.15, 0.2) is 12.4 Å². The summed E-state index contributed by atoms with van der Waals surface area (Å²) in [4.78, 5) is 4.10. The average molecular weight is 177 g/mol. The van der Waals surface area contributed by atoms with Crippen molar-refractivity contribution < 1.29 is 0 Å². The highest BCUT2D eigenvalue weighted by atomic mass is 15.0. The van der Waals surface area contributed by atoms with E-state index in [1.165, 1.54) is 12.4 Å². The van der Waals surface area contributed by atoms with Gasteiger partial charge in [0.05, 0.1) is 0 Å². The van der Waals surface area contributed by atoms with E-state index in [1.807, 2.05) is 24.0 Å². The normalized spacial score (nSPS) is 7.38. The zero-order valence-electron chi connectivity index (χ0n) is 7.65. The molecule has 0 saturated heterocycles. The Morgan fingerprint density at radius 2 is 2.15 bits per heavy atom. The molecular weight excluding hydrogens is 166 g/mol. The highest BCUT2D eigenvalue weighted by Gasteiger charge is 1.90. The molecule has 0 bridgehead atoms. The maximum Gasteiger partial charge on any atom is 0.190 e. The molecule has 0 aromatic carbocycles. The first-order valence-electron chi connectivity index (χ1n) is 3.75. The first kappa shape index (κ1) is 11.0. The number of hydrogen-bond donors (Lipinski definition) is 1. The summed E-state index contributed by atoms with van der Waals surface area (Å²) in [5, 5.41) is 16.7. The summed E-state index contributed by atoms with van der Waals surface area (Å²) in [6.07, 6.45) is 7.61. The third-order valence-electron chi connectivity index (χ3n) is 1.35. The van der Waals surface area contributed by atoms with Crippen LogP contribution >= 0.6 is 0 Å². The third kappa shape index (κ3) is 4.44. The van der Waals surface area contributed by atoms with Crippen LogP contribution in [0.15, 0.2) is 12.4 Å². The summed E-state index contributed by atoms with van der Waals surface area (Å²) in [5.74, 6) is 1.14. The lowest BCUT2D eigenvalue weighted by atomic mass is 10.5. The number of nitrogens with zero attached hydrogens (tertiary/aromatic N) is 4. The van der Waals surface area contributed by atoms with Crippen LogP contribution in [-0.2, 0) is 13.5 Å². The molecule has 0 unspecified atom stereocenters. The molecule has 0 fully saturated rings. The molecule has 1 N–H and O–H groups in total. The SMILES string of the molecule is CCc1nccn1C.N#CNC#N. The second-order valence-electron chi connectivity index (χ2n) is 2.16. The summed E-state index contributed by atoms with van der Waals surface area (Å²) >= 11 is 0. The van der Waals surface area contributed by atoms with Crippen LogP contribution in [0.3, 0.4) is 0 Å². The van der Waals surface area contributed by atoms with Crippen LogP contribution in [0.4, 0.5) is 0 Å². The molecular formula is C8H11N5. The fourth-order valence-electron chi connectivity index (χ4n) is 0.762. The lowest BCUT2D eigenvalue weighted by Gasteiger charge is -1.92. The smallest absolute Gasteiger partial charge is 0.190 e. The van der Waals surface area contributed by atoms with Crippen LogP contribution in [0, 0.1) is 22.9 Å². The van der Waals surface area contributed by atoms with Gasteiger partial charge in [0.25, 0.3) is 0 Å². The van der Waals surface area contributed by atoms with Gasteiger partial charge in [0, 0.05) is 25.9 Å². The molecule has 1 aromatic heterocycles. The predicted molar refractivity (Wildman–Crippen MR) is 46.9 cm³/mol. The van der Waals surface area contributed by atoms with Crippen molar-refractivity contribution in [2.24, 2.45) is 7.05 Å². The second-order valence-corrected chi connectivity index (χ2v) is 2.16. The van der Waals surface area contributed by atoms with E-state index in [2.05, 4.69) is 11.9 Å². The minimum atomic E-state index is 1.02. The Morgan fingerprint density at radius 3 is 2.31 bits per heavy atom. The van der Waals surface area contributed by atoms with Crippen molar-refractivity contribution in [2.45, 2.75) is 13.3 Å². The number of aryl methyl sites for hydroxylation is 2. The molecule has 1 heterocycles. The standard InChI is InChI=1S/C6H10N2.C2HN3/c1-3-6-7-4-5-8(6)2;3-1-5-2-4/h4-5H,3H2,1-2H3;5H. The van der Waals surface area contributed by atoms with Gasteiger partial charge in [-0.25, -0.2) is 10.3 Å². The fraction of sp³-hybridized carbons (Fsp3) is 0.375. The van der Waals surface area contributed by atoms with E-state index in [4.69, 9.17) is 10.5 Å². The topological polar surface area (TPSA) is 77.4 Å². The van der Waals surface area contributed by atoms with Crippen LogP contribution in [0.5, 0.6) is 0 Å². The Balaban J connectivity index is 0.000000252. The lowest BCUT2D eigenvalue weighted by Crippen LogP contribution is -1.92. The number of rotatable bonds is 1. The van der Waals surface area contributed by atoms with Crippen molar-refractivity contribution in [2.75, 3.05) is 0 Å². The van der Waals surface area contributed by atoms with Gasteiger partial charge in [0.2, 0.25) is 0 Å². The average Bonchev–Trinajstić information content (AvgIpc) is 2.53. The van der Waals surface area contributed by atoms with Crippen LogP contribution in [-0.4, -0.2) is 9.55 Å². The third-order valence-corrected chi connectivity index (χ3v) is 1.35. The van der Waals surface area contributed by atoms with Crippen molar-refractivity contribution in [3.8, 4) is 12.4 Å². The minimum absolute atomic E-state index is 1.02. The lowest BCUT2D eigenvalue weighted by molar-refractivity contribution is 0.808. The Bertz CT molecular complexity index is 302. The van der Waals surface area contributed by atoms with E-state index in [0.717, 1.165) is 12.2 Å². The van der Waals surface area contributed by atoms with Crippen molar-refractivity contribution in [1.82, 2.24) is 14.9 Å². The van der Waals surface area contributed by atoms with Gasteiger partial charge in [0.1, 0.15) is 5.82 Å². The van der Waals surface area contributed by atoms with E-state index in [-0.39, 0.29) is 0 Å². The molecule has 0 saturated carbocycles. The zero-order valence-corrected chi connectivity index (χ0v) is 7.65. The Morgan fingerprint density at radius 1 is 1.54 bits per heavy atom. The largest absolute Gasteiger partial charge is 0.338 e. The van der Waals surface area contributed by atoms with Gasteiger partial charge in [-0.3, -0.25) is 0 Å². The summed E-state index contributed by atoms with van der Waals surface area (Å²) in [5.41, 5.74) is 0. The van der Waals surface area contributed by atoms with Crippen LogP contribution in [0.1, 0.15) is 12.7 Å². The molecule has 1 rings (SSSR count). The van der Waals surface area contributed by atoms with E-state index in [0.29, 0.717) is 0 Å². The molecule has 0 radical (unpaired) electrons. The molecule has 68 valence electrons. The zero-order chi connectivity index (χ0) is 10.1. The molecule has 5 heteroatoms. The van der Waals surface area contributed by atoms with E-state index in [9.17, 15) is 0 Å². The summed E-state index contributed by atoms with van der Waals surface area (Å²) in [6.45, 7) is 2.10.